The molecule has 0 bridgehead atoms. The lowest BCUT2D eigenvalue weighted by molar-refractivity contribution is 0.0958. The highest BCUT2D eigenvalue weighted by molar-refractivity contribution is 6.31. The molecule has 3 heterocycles. The average molecular weight is 371 g/mol. The second-order valence-corrected chi connectivity index (χ2v) is 7.60. The highest BCUT2D eigenvalue weighted by Crippen LogP contribution is 2.33. The van der Waals surface area contributed by atoms with Crippen molar-refractivity contribution >= 4 is 39.9 Å². The van der Waals surface area contributed by atoms with Crippen molar-refractivity contribution in [1.29, 1.82) is 0 Å². The molecule has 1 aromatic carbocycles. The maximum Gasteiger partial charge on any atom is 0.218 e. The van der Waals surface area contributed by atoms with Gasteiger partial charge in [0.05, 0.1) is 11.0 Å². The molecule has 5 rings (SSSR count). The minimum atomic E-state index is 0.0354. The molecule has 8 heteroatoms. The Morgan fingerprint density at radius 3 is 2.65 bits per heavy atom. The van der Waals surface area contributed by atoms with Gasteiger partial charge in [0.25, 0.3) is 0 Å². The number of carbonyl (C=O) groups excluding carboxylic acids is 1. The fourth-order valence-corrected chi connectivity index (χ4v) is 3.58. The molecule has 2 aliphatic rings. The van der Waals surface area contributed by atoms with Gasteiger partial charge in [-0.1, -0.05) is 11.6 Å². The van der Waals surface area contributed by atoms with E-state index in [2.05, 4.69) is 26.9 Å². The number of benzene rings is 1. The van der Waals surface area contributed by atoms with Crippen LogP contribution < -0.4 is 4.90 Å². The lowest BCUT2D eigenvalue weighted by Gasteiger charge is -2.33. The lowest BCUT2D eigenvalue weighted by Crippen LogP contribution is -2.45. The van der Waals surface area contributed by atoms with Gasteiger partial charge in [-0.25, -0.2) is 14.5 Å². The third-order valence-corrected chi connectivity index (χ3v) is 5.41. The Labute approximate surface area is 155 Å². The SMILES string of the molecule is CN1CCN(c2nc3ccc(Cl)cc3n3nc(C(=O)C4CC4)nc23)CC1. The van der Waals surface area contributed by atoms with Crippen molar-refractivity contribution in [2.24, 2.45) is 5.92 Å². The minimum absolute atomic E-state index is 0.0354. The monoisotopic (exact) mass is 370 g/mol. The van der Waals surface area contributed by atoms with Crippen LogP contribution in [0.5, 0.6) is 0 Å². The summed E-state index contributed by atoms with van der Waals surface area (Å²) in [6, 6.07) is 5.54. The lowest BCUT2D eigenvalue weighted by atomic mass is 10.2. The van der Waals surface area contributed by atoms with Crippen molar-refractivity contribution in [3.63, 3.8) is 0 Å². The zero-order chi connectivity index (χ0) is 17.8. The summed E-state index contributed by atoms with van der Waals surface area (Å²) in [5.74, 6) is 1.20. The van der Waals surface area contributed by atoms with E-state index >= 15 is 0 Å². The number of nitrogens with zero attached hydrogens (tertiary/aromatic N) is 6. The number of fused-ring (bicyclic) bond motifs is 3. The molecule has 0 atom stereocenters. The van der Waals surface area contributed by atoms with Gasteiger partial charge in [0.2, 0.25) is 11.6 Å². The topological polar surface area (TPSA) is 66.6 Å². The summed E-state index contributed by atoms with van der Waals surface area (Å²) in [5, 5.41) is 5.14. The van der Waals surface area contributed by atoms with E-state index in [1.165, 1.54) is 0 Å². The van der Waals surface area contributed by atoms with Crippen LogP contribution in [-0.4, -0.2) is 63.5 Å². The summed E-state index contributed by atoms with van der Waals surface area (Å²) in [5.41, 5.74) is 2.20. The number of hydrogen-bond donors (Lipinski definition) is 0. The van der Waals surface area contributed by atoms with Gasteiger partial charge < -0.3 is 9.80 Å². The number of anilines is 1. The van der Waals surface area contributed by atoms with Gasteiger partial charge in [0, 0.05) is 37.1 Å². The summed E-state index contributed by atoms with van der Waals surface area (Å²) in [6.45, 7) is 3.68. The third kappa shape index (κ3) is 2.62. The molecule has 3 aromatic rings. The molecule has 1 aliphatic carbocycles. The molecule has 7 nitrogen and oxygen atoms in total. The van der Waals surface area contributed by atoms with Crippen LogP contribution in [0.3, 0.4) is 0 Å². The Morgan fingerprint density at radius 1 is 1.15 bits per heavy atom. The van der Waals surface area contributed by atoms with Crippen LogP contribution >= 0.6 is 11.6 Å². The van der Waals surface area contributed by atoms with Gasteiger partial charge in [-0.05, 0) is 38.1 Å². The van der Waals surface area contributed by atoms with Gasteiger partial charge in [-0.3, -0.25) is 4.79 Å². The first-order valence-electron chi connectivity index (χ1n) is 8.94. The molecule has 0 amide bonds. The minimum Gasteiger partial charge on any atom is -0.351 e. The number of Topliss-reactive ketones (excluding diaryl/α,β-unsaturated/α-hetero) is 1. The molecule has 1 aliphatic heterocycles. The first-order chi connectivity index (χ1) is 12.6. The molecule has 1 saturated heterocycles. The molecule has 1 saturated carbocycles. The second-order valence-electron chi connectivity index (χ2n) is 7.17. The van der Waals surface area contributed by atoms with Crippen molar-refractivity contribution in [2.45, 2.75) is 12.8 Å². The molecule has 0 N–H and O–H groups in total. The third-order valence-electron chi connectivity index (χ3n) is 5.17. The number of halogens is 1. The number of rotatable bonds is 3. The molecule has 2 fully saturated rings. The van der Waals surface area contributed by atoms with Crippen LogP contribution in [0.4, 0.5) is 5.82 Å². The van der Waals surface area contributed by atoms with Gasteiger partial charge in [-0.2, -0.15) is 0 Å². The largest absolute Gasteiger partial charge is 0.351 e. The van der Waals surface area contributed by atoms with E-state index in [1.807, 2.05) is 18.2 Å². The van der Waals surface area contributed by atoms with Crippen molar-refractivity contribution < 1.29 is 4.79 Å². The van der Waals surface area contributed by atoms with Crippen LogP contribution in [0.2, 0.25) is 5.02 Å². The van der Waals surface area contributed by atoms with E-state index < -0.39 is 0 Å². The van der Waals surface area contributed by atoms with Crippen molar-refractivity contribution in [3.8, 4) is 0 Å². The molecule has 0 spiro atoms. The summed E-state index contributed by atoms with van der Waals surface area (Å²) in [6.07, 6.45) is 1.87. The number of aromatic nitrogens is 4. The Bertz CT molecular complexity index is 1020. The summed E-state index contributed by atoms with van der Waals surface area (Å²) in [7, 11) is 2.12. The van der Waals surface area contributed by atoms with Gasteiger partial charge in [-0.15, -0.1) is 5.10 Å². The fourth-order valence-electron chi connectivity index (χ4n) is 3.41. The smallest absolute Gasteiger partial charge is 0.218 e. The summed E-state index contributed by atoms with van der Waals surface area (Å²) in [4.78, 5) is 26.5. The maximum absolute atomic E-state index is 12.5. The normalized spacial score (nSPS) is 18.8. The van der Waals surface area contributed by atoms with Gasteiger partial charge in [0.15, 0.2) is 11.5 Å². The van der Waals surface area contributed by atoms with Gasteiger partial charge >= 0.3 is 0 Å². The van der Waals surface area contributed by atoms with Gasteiger partial charge in [0.1, 0.15) is 0 Å². The average Bonchev–Trinajstić information content (AvgIpc) is 3.39. The highest BCUT2D eigenvalue weighted by Gasteiger charge is 2.34. The molecule has 0 unspecified atom stereocenters. The molecule has 2 aromatic heterocycles. The van der Waals surface area contributed by atoms with Crippen LogP contribution in [-0.2, 0) is 0 Å². The van der Waals surface area contributed by atoms with E-state index in [4.69, 9.17) is 16.6 Å². The maximum atomic E-state index is 12.5. The quantitative estimate of drug-likeness (QED) is 0.659. The molecule has 134 valence electrons. The van der Waals surface area contributed by atoms with Crippen LogP contribution in [0.15, 0.2) is 18.2 Å². The zero-order valence-electron chi connectivity index (χ0n) is 14.5. The standard InChI is InChI=1S/C18H19ClN6O/c1-23-6-8-24(9-7-23)17-18-21-16(15(26)11-2-3-11)22-25(18)14-10-12(19)4-5-13(14)20-17/h4-5,10-11H,2-3,6-9H2,1H3. The number of hydrogen-bond acceptors (Lipinski definition) is 6. The molecule has 26 heavy (non-hydrogen) atoms. The first kappa shape index (κ1) is 16.0. The van der Waals surface area contributed by atoms with E-state index in [0.717, 1.165) is 55.9 Å². The summed E-state index contributed by atoms with van der Waals surface area (Å²) < 4.78 is 1.73. The molecule has 0 radical (unpaired) electrons. The predicted octanol–water partition coefficient (Wildman–Crippen LogP) is 2.28. The number of likely N-dealkylation sites (N-methyl/N-ethyl adjacent to an activating group) is 1. The van der Waals surface area contributed by atoms with Crippen LogP contribution in [0.25, 0.3) is 16.7 Å². The Morgan fingerprint density at radius 2 is 1.92 bits per heavy atom. The molecular weight excluding hydrogens is 352 g/mol. The predicted molar refractivity (Wildman–Crippen MR) is 100 cm³/mol. The van der Waals surface area contributed by atoms with E-state index in [-0.39, 0.29) is 17.5 Å². The molecular formula is C18H19ClN6O. The first-order valence-corrected chi connectivity index (χ1v) is 9.32. The number of piperazine rings is 1. The van der Waals surface area contributed by atoms with E-state index in [1.54, 1.807) is 4.52 Å². The van der Waals surface area contributed by atoms with Crippen molar-refractivity contribution in [1.82, 2.24) is 24.5 Å². The van der Waals surface area contributed by atoms with E-state index in [9.17, 15) is 4.79 Å². The van der Waals surface area contributed by atoms with Crippen LogP contribution in [0.1, 0.15) is 23.5 Å². The van der Waals surface area contributed by atoms with Crippen molar-refractivity contribution in [2.75, 3.05) is 38.1 Å². The zero-order valence-corrected chi connectivity index (χ0v) is 15.3. The summed E-state index contributed by atoms with van der Waals surface area (Å²) >= 11 is 6.18. The number of carbonyl (C=O) groups is 1. The number of ketones is 1. The highest BCUT2D eigenvalue weighted by atomic mass is 35.5. The van der Waals surface area contributed by atoms with E-state index in [0.29, 0.717) is 10.7 Å². The second kappa shape index (κ2) is 5.89. The fraction of sp³-hybridized carbons (Fsp3) is 0.444. The Balaban J connectivity index is 1.71. The van der Waals surface area contributed by atoms with Crippen molar-refractivity contribution in [3.05, 3.63) is 29.0 Å². The Hall–Kier alpha value is -2.25. The van der Waals surface area contributed by atoms with Crippen LogP contribution in [0, 0.1) is 5.92 Å². The Kier molecular flexibility index (Phi) is 3.62.